The molecule has 0 radical (unpaired) electrons. The number of rotatable bonds is 3. The minimum Gasteiger partial charge on any atom is -0.326 e. The van der Waals surface area contributed by atoms with Crippen molar-refractivity contribution in [1.29, 1.82) is 0 Å². The first kappa shape index (κ1) is 15.8. The first-order valence-electron chi connectivity index (χ1n) is 7.75. The predicted octanol–water partition coefficient (Wildman–Crippen LogP) is 5.64. The number of hydrogen-bond acceptors (Lipinski definition) is 1. The van der Waals surface area contributed by atoms with Crippen LogP contribution in [0.2, 0.25) is 5.02 Å². The summed E-state index contributed by atoms with van der Waals surface area (Å²) in [5.74, 6) is -0.0750. The van der Waals surface area contributed by atoms with Crippen molar-refractivity contribution in [3.63, 3.8) is 0 Å². The van der Waals surface area contributed by atoms with Crippen LogP contribution < -0.4 is 5.32 Å². The monoisotopic (exact) mass is 325 g/mol. The number of carbonyl (C=O) groups is 1. The van der Waals surface area contributed by atoms with Gasteiger partial charge in [0.25, 0.3) is 0 Å². The van der Waals surface area contributed by atoms with Gasteiger partial charge in [0.1, 0.15) is 0 Å². The van der Waals surface area contributed by atoms with Crippen LogP contribution >= 0.6 is 11.6 Å². The van der Waals surface area contributed by atoms with Crippen LogP contribution in [0.3, 0.4) is 0 Å². The zero-order chi connectivity index (χ0) is 16.6. The maximum absolute atomic E-state index is 11.5. The third-order valence-electron chi connectivity index (χ3n) is 4.28. The van der Waals surface area contributed by atoms with E-state index in [-0.39, 0.29) is 11.3 Å². The van der Waals surface area contributed by atoms with Gasteiger partial charge in [-0.2, -0.15) is 0 Å². The van der Waals surface area contributed by atoms with E-state index in [2.05, 4.69) is 43.4 Å². The van der Waals surface area contributed by atoms with Crippen LogP contribution in [-0.4, -0.2) is 5.91 Å². The molecule has 0 aromatic heterocycles. The van der Waals surface area contributed by atoms with E-state index >= 15 is 0 Å². The lowest BCUT2D eigenvalue weighted by molar-refractivity contribution is -0.114. The van der Waals surface area contributed by atoms with Crippen LogP contribution in [0.25, 0.3) is 11.1 Å². The Bertz CT molecular complexity index is 791. The predicted molar refractivity (Wildman–Crippen MR) is 97.4 cm³/mol. The van der Waals surface area contributed by atoms with Crippen LogP contribution in [0.4, 0.5) is 5.69 Å². The lowest BCUT2D eigenvalue weighted by Gasteiger charge is -2.42. The molecular formula is C20H20ClNO. The molecule has 0 bridgehead atoms. The van der Waals surface area contributed by atoms with Gasteiger partial charge >= 0.3 is 0 Å². The highest BCUT2D eigenvalue weighted by Crippen LogP contribution is 2.56. The Kier molecular flexibility index (Phi) is 4.03. The number of carbonyl (C=O) groups excluding carboxylic acids is 1. The molecule has 2 nitrogen and oxygen atoms in total. The van der Waals surface area contributed by atoms with Crippen LogP contribution in [0.15, 0.2) is 48.5 Å². The molecule has 0 unspecified atom stereocenters. The van der Waals surface area contributed by atoms with Gasteiger partial charge in [0.2, 0.25) is 5.91 Å². The highest BCUT2D eigenvalue weighted by atomic mass is 35.5. The molecule has 118 valence electrons. The molecule has 0 saturated heterocycles. The van der Waals surface area contributed by atoms with Crippen molar-refractivity contribution in [2.24, 2.45) is 5.41 Å². The Morgan fingerprint density at radius 3 is 2.43 bits per heavy atom. The minimum atomic E-state index is -0.0750. The van der Waals surface area contributed by atoms with Gasteiger partial charge < -0.3 is 5.32 Å². The molecule has 3 rings (SSSR count). The van der Waals surface area contributed by atoms with E-state index in [1.54, 1.807) is 0 Å². The molecule has 0 atom stereocenters. The van der Waals surface area contributed by atoms with Crippen molar-refractivity contribution >= 4 is 34.3 Å². The van der Waals surface area contributed by atoms with Crippen LogP contribution in [0, 0.1) is 5.41 Å². The first-order chi connectivity index (χ1) is 10.9. The van der Waals surface area contributed by atoms with E-state index in [0.29, 0.717) is 5.02 Å². The second kappa shape index (κ2) is 5.86. The second-order valence-corrected chi connectivity index (χ2v) is 7.09. The van der Waals surface area contributed by atoms with Crippen molar-refractivity contribution in [3.05, 3.63) is 64.7 Å². The molecule has 23 heavy (non-hydrogen) atoms. The van der Waals surface area contributed by atoms with Crippen LogP contribution in [0.5, 0.6) is 0 Å². The van der Waals surface area contributed by atoms with Gasteiger partial charge in [-0.3, -0.25) is 4.79 Å². The third-order valence-corrected chi connectivity index (χ3v) is 4.51. The summed E-state index contributed by atoms with van der Waals surface area (Å²) in [6.07, 6.45) is 0.962. The van der Waals surface area contributed by atoms with Crippen molar-refractivity contribution in [2.45, 2.75) is 27.2 Å². The Labute approximate surface area is 142 Å². The number of halogens is 1. The Morgan fingerprint density at radius 2 is 1.83 bits per heavy atom. The average molecular weight is 326 g/mol. The van der Waals surface area contributed by atoms with E-state index in [1.165, 1.54) is 23.6 Å². The molecule has 2 aromatic rings. The molecule has 0 fully saturated rings. The number of nitrogens with one attached hydrogen (secondary N) is 1. The third kappa shape index (κ3) is 3.04. The molecule has 3 heteroatoms. The molecule has 0 spiro atoms. The number of amides is 1. The van der Waals surface area contributed by atoms with E-state index < -0.39 is 0 Å². The zero-order valence-electron chi connectivity index (χ0n) is 13.6. The quantitative estimate of drug-likeness (QED) is 0.777. The summed E-state index contributed by atoms with van der Waals surface area (Å²) in [6, 6.07) is 16.0. The van der Waals surface area contributed by atoms with Crippen LogP contribution in [0.1, 0.15) is 38.3 Å². The van der Waals surface area contributed by atoms with Gasteiger partial charge in [-0.1, -0.05) is 55.8 Å². The largest absolute Gasteiger partial charge is 0.326 e. The lowest BCUT2D eigenvalue weighted by atomic mass is 9.62. The second-order valence-electron chi connectivity index (χ2n) is 6.65. The van der Waals surface area contributed by atoms with Crippen molar-refractivity contribution in [3.8, 4) is 0 Å². The van der Waals surface area contributed by atoms with E-state index in [4.69, 9.17) is 11.6 Å². The number of anilines is 1. The number of benzene rings is 2. The summed E-state index contributed by atoms with van der Waals surface area (Å²) in [5.41, 5.74) is 5.77. The fourth-order valence-corrected chi connectivity index (χ4v) is 3.56. The Morgan fingerprint density at radius 1 is 1.13 bits per heavy atom. The number of allylic oxidation sites excluding steroid dienone is 2. The maximum atomic E-state index is 11.5. The normalized spacial score (nSPS) is 16.0. The van der Waals surface area contributed by atoms with Gasteiger partial charge in [-0.25, -0.2) is 0 Å². The van der Waals surface area contributed by atoms with Gasteiger partial charge in [-0.15, -0.1) is 0 Å². The molecule has 1 amide bonds. The summed E-state index contributed by atoms with van der Waals surface area (Å²) in [4.78, 5) is 11.5. The molecule has 0 aliphatic heterocycles. The Balaban J connectivity index is 2.17. The minimum absolute atomic E-state index is 0.0750. The first-order valence-corrected chi connectivity index (χ1v) is 8.13. The van der Waals surface area contributed by atoms with Gasteiger partial charge in [0.05, 0.1) is 0 Å². The standard InChI is InChI=1S/C20H20ClNO/c1-13(23)22-18-10-9-15(21)11-16(18)17-12-20(2,3)19(17)14-7-5-4-6-8-14/h4-11H,12H2,1-3H3,(H,22,23). The Hall–Kier alpha value is -2.06. The molecule has 1 aliphatic rings. The fraction of sp³-hybridized carbons (Fsp3) is 0.250. The van der Waals surface area contributed by atoms with Crippen molar-refractivity contribution < 1.29 is 4.79 Å². The van der Waals surface area contributed by atoms with Crippen molar-refractivity contribution in [1.82, 2.24) is 0 Å². The number of hydrogen-bond donors (Lipinski definition) is 1. The maximum Gasteiger partial charge on any atom is 0.221 e. The average Bonchev–Trinajstić information content (AvgIpc) is 2.47. The summed E-state index contributed by atoms with van der Waals surface area (Å²) < 4.78 is 0. The highest BCUT2D eigenvalue weighted by Gasteiger charge is 2.38. The molecule has 0 heterocycles. The molecule has 1 aliphatic carbocycles. The van der Waals surface area contributed by atoms with E-state index in [0.717, 1.165) is 17.7 Å². The smallest absolute Gasteiger partial charge is 0.221 e. The van der Waals surface area contributed by atoms with E-state index in [1.807, 2.05) is 24.3 Å². The summed E-state index contributed by atoms with van der Waals surface area (Å²) in [7, 11) is 0. The zero-order valence-corrected chi connectivity index (χ0v) is 14.4. The van der Waals surface area contributed by atoms with Crippen molar-refractivity contribution in [2.75, 3.05) is 5.32 Å². The molecule has 1 N–H and O–H groups in total. The summed E-state index contributed by atoms with van der Waals surface area (Å²) in [6.45, 7) is 6.03. The summed E-state index contributed by atoms with van der Waals surface area (Å²) >= 11 is 6.21. The van der Waals surface area contributed by atoms with Gasteiger partial charge in [-0.05, 0) is 46.7 Å². The van der Waals surface area contributed by atoms with Crippen LogP contribution in [-0.2, 0) is 4.79 Å². The summed E-state index contributed by atoms with van der Waals surface area (Å²) in [5, 5.41) is 3.60. The topological polar surface area (TPSA) is 29.1 Å². The molecule has 0 saturated carbocycles. The molecular weight excluding hydrogens is 306 g/mol. The fourth-order valence-electron chi connectivity index (χ4n) is 3.38. The SMILES string of the molecule is CC(=O)Nc1ccc(Cl)cc1C1=C(c2ccccc2)C(C)(C)C1. The highest BCUT2D eigenvalue weighted by molar-refractivity contribution is 6.31. The van der Waals surface area contributed by atoms with E-state index in [9.17, 15) is 4.79 Å². The van der Waals surface area contributed by atoms with Gasteiger partial charge in [0.15, 0.2) is 0 Å². The lowest BCUT2D eigenvalue weighted by Crippen LogP contribution is -2.26. The molecule has 2 aromatic carbocycles. The van der Waals surface area contributed by atoms with Gasteiger partial charge in [0, 0.05) is 23.2 Å².